The van der Waals surface area contributed by atoms with Crippen molar-refractivity contribution in [1.82, 2.24) is 15.8 Å². The van der Waals surface area contributed by atoms with Crippen molar-refractivity contribution in [1.29, 1.82) is 0 Å². The van der Waals surface area contributed by atoms with E-state index in [4.69, 9.17) is 4.98 Å². The van der Waals surface area contributed by atoms with Crippen LogP contribution in [0, 0.1) is 5.92 Å². The molecule has 0 amide bonds. The molecule has 0 saturated carbocycles. The summed E-state index contributed by atoms with van der Waals surface area (Å²) in [6.45, 7) is 5.47. The number of fused-ring (bicyclic) bond motifs is 2. The first-order valence-corrected chi connectivity index (χ1v) is 9.12. The number of nitrogens with zero attached hydrogens (tertiary/aromatic N) is 1. The molecule has 1 aromatic heterocycles. The van der Waals surface area contributed by atoms with Crippen molar-refractivity contribution < 1.29 is 0 Å². The summed E-state index contributed by atoms with van der Waals surface area (Å²) >= 11 is 1.96. The van der Waals surface area contributed by atoms with Crippen molar-refractivity contribution in [2.45, 2.75) is 37.4 Å². The lowest BCUT2D eigenvalue weighted by Crippen LogP contribution is -2.30. The third-order valence-corrected chi connectivity index (χ3v) is 5.87. The van der Waals surface area contributed by atoms with E-state index in [0.29, 0.717) is 18.0 Å². The van der Waals surface area contributed by atoms with Crippen LogP contribution >= 0.6 is 11.8 Å². The number of hydrazine groups is 1. The third kappa shape index (κ3) is 2.37. The Morgan fingerprint density at radius 2 is 1.95 bits per heavy atom. The molecule has 2 atom stereocenters. The molecule has 3 heterocycles. The maximum atomic E-state index is 4.84. The molecule has 116 valence electrons. The Morgan fingerprint density at radius 1 is 1.18 bits per heavy atom. The van der Waals surface area contributed by atoms with Gasteiger partial charge in [0.15, 0.2) is 0 Å². The number of thioether (sulfide) groups is 1. The highest BCUT2D eigenvalue weighted by atomic mass is 32.2. The number of para-hydroxylation sites is 1. The first kappa shape index (κ1) is 14.3. The van der Waals surface area contributed by atoms with Gasteiger partial charge in [0.2, 0.25) is 0 Å². The van der Waals surface area contributed by atoms with E-state index in [1.807, 2.05) is 11.8 Å². The fourth-order valence-corrected chi connectivity index (χ4v) is 4.56. The molecular formula is C17H22N4S. The second-order valence-electron chi connectivity index (χ2n) is 6.33. The summed E-state index contributed by atoms with van der Waals surface area (Å²) in [5.41, 5.74) is 11.8. The number of benzene rings is 1. The Hall–Kier alpha value is -1.30. The van der Waals surface area contributed by atoms with Gasteiger partial charge in [-0.15, -0.1) is 0 Å². The highest BCUT2D eigenvalue weighted by Gasteiger charge is 2.30. The molecule has 0 spiro atoms. The average Bonchev–Trinajstić information content (AvgIpc) is 3.11. The largest absolute Gasteiger partial charge is 0.384 e. The van der Waals surface area contributed by atoms with Gasteiger partial charge in [-0.1, -0.05) is 18.2 Å². The molecule has 0 radical (unpaired) electrons. The molecule has 2 aromatic rings. The van der Waals surface area contributed by atoms with E-state index >= 15 is 0 Å². The Bertz CT molecular complexity index is 692. The van der Waals surface area contributed by atoms with Crippen LogP contribution in [0.5, 0.6) is 0 Å². The molecule has 2 aliphatic heterocycles. The van der Waals surface area contributed by atoms with Crippen LogP contribution in [0.3, 0.4) is 0 Å². The first-order chi connectivity index (χ1) is 10.7. The minimum absolute atomic E-state index is 0.484. The van der Waals surface area contributed by atoms with Crippen molar-refractivity contribution in [3.63, 3.8) is 0 Å². The van der Waals surface area contributed by atoms with Gasteiger partial charge in [0.05, 0.1) is 11.2 Å². The molecule has 1 saturated heterocycles. The molecule has 3 N–H and O–H groups in total. The van der Waals surface area contributed by atoms with E-state index in [9.17, 15) is 0 Å². The highest BCUT2D eigenvalue weighted by molar-refractivity contribution is 7.98. The van der Waals surface area contributed by atoms with Crippen LogP contribution in [0.25, 0.3) is 10.9 Å². The normalized spacial score (nSPS) is 27.3. The maximum Gasteiger partial charge on any atom is 0.0726 e. The lowest BCUT2D eigenvalue weighted by molar-refractivity contribution is 0.467. The lowest BCUT2D eigenvalue weighted by atomic mass is 9.96. The highest BCUT2D eigenvalue weighted by Crippen LogP contribution is 2.38. The minimum Gasteiger partial charge on any atom is -0.384 e. The Balaban J connectivity index is 1.68. The summed E-state index contributed by atoms with van der Waals surface area (Å²) in [6.07, 6.45) is 0. The smallest absolute Gasteiger partial charge is 0.0726 e. The number of hydrogen-bond acceptors (Lipinski definition) is 5. The Labute approximate surface area is 135 Å². The van der Waals surface area contributed by atoms with Crippen LogP contribution in [-0.4, -0.2) is 23.6 Å². The van der Waals surface area contributed by atoms with Crippen molar-refractivity contribution in [2.75, 3.05) is 11.9 Å². The van der Waals surface area contributed by atoms with E-state index in [0.717, 1.165) is 23.6 Å². The van der Waals surface area contributed by atoms with Gasteiger partial charge in [-0.3, -0.25) is 15.8 Å². The zero-order chi connectivity index (χ0) is 15.1. The quantitative estimate of drug-likeness (QED) is 0.813. The number of hydrogen-bond donors (Lipinski definition) is 3. The van der Waals surface area contributed by atoms with Gasteiger partial charge in [0.25, 0.3) is 0 Å². The summed E-state index contributed by atoms with van der Waals surface area (Å²) in [5, 5.41) is 5.01. The van der Waals surface area contributed by atoms with Gasteiger partial charge in [-0.05, 0) is 19.9 Å². The average molecular weight is 314 g/mol. The van der Waals surface area contributed by atoms with Crippen molar-refractivity contribution in [3.05, 3.63) is 35.5 Å². The Morgan fingerprint density at radius 3 is 2.77 bits per heavy atom. The van der Waals surface area contributed by atoms with Crippen molar-refractivity contribution in [2.24, 2.45) is 5.92 Å². The monoisotopic (exact) mass is 314 g/mol. The second kappa shape index (κ2) is 5.72. The van der Waals surface area contributed by atoms with Crippen LogP contribution in [-0.2, 0) is 11.5 Å². The third-order valence-electron chi connectivity index (χ3n) is 4.90. The van der Waals surface area contributed by atoms with Gasteiger partial charge in [-0.2, -0.15) is 11.8 Å². The van der Waals surface area contributed by atoms with Crippen LogP contribution in [0.4, 0.5) is 5.69 Å². The van der Waals surface area contributed by atoms with Crippen LogP contribution in [0.15, 0.2) is 24.3 Å². The number of aromatic nitrogens is 1. The minimum atomic E-state index is 0.484. The van der Waals surface area contributed by atoms with Crippen molar-refractivity contribution >= 4 is 28.4 Å². The molecule has 4 rings (SSSR count). The van der Waals surface area contributed by atoms with E-state index < -0.39 is 0 Å². The van der Waals surface area contributed by atoms with Gasteiger partial charge < -0.3 is 5.32 Å². The van der Waals surface area contributed by atoms with Crippen LogP contribution < -0.4 is 16.2 Å². The van der Waals surface area contributed by atoms with Gasteiger partial charge in [0.1, 0.15) is 0 Å². The fraction of sp³-hybridized carbons (Fsp3) is 0.471. The lowest BCUT2D eigenvalue weighted by Gasteiger charge is -2.21. The number of anilines is 1. The molecule has 2 unspecified atom stereocenters. The predicted molar refractivity (Wildman–Crippen MR) is 93.9 cm³/mol. The van der Waals surface area contributed by atoms with Gasteiger partial charge in [-0.25, -0.2) is 0 Å². The summed E-state index contributed by atoms with van der Waals surface area (Å²) in [4.78, 5) is 4.84. The van der Waals surface area contributed by atoms with Crippen molar-refractivity contribution in [3.8, 4) is 0 Å². The zero-order valence-corrected chi connectivity index (χ0v) is 13.8. The van der Waals surface area contributed by atoms with E-state index in [-0.39, 0.29) is 0 Å². The van der Waals surface area contributed by atoms with E-state index in [1.54, 1.807) is 0 Å². The first-order valence-electron chi connectivity index (χ1n) is 7.97. The fourth-order valence-electron chi connectivity index (χ4n) is 3.51. The van der Waals surface area contributed by atoms with Gasteiger partial charge in [0, 0.05) is 52.7 Å². The van der Waals surface area contributed by atoms with Crippen LogP contribution in [0.1, 0.15) is 25.1 Å². The van der Waals surface area contributed by atoms with E-state index in [1.165, 1.54) is 22.3 Å². The molecule has 4 nitrogen and oxygen atoms in total. The van der Waals surface area contributed by atoms with Crippen LogP contribution in [0.2, 0.25) is 0 Å². The molecule has 0 bridgehead atoms. The molecule has 2 aliphatic rings. The topological polar surface area (TPSA) is 49.0 Å². The number of rotatable bonds is 3. The Kier molecular flexibility index (Phi) is 3.72. The molecular weight excluding hydrogens is 292 g/mol. The molecule has 0 aliphatic carbocycles. The summed E-state index contributed by atoms with van der Waals surface area (Å²) in [7, 11) is 0. The van der Waals surface area contributed by atoms with E-state index in [2.05, 4.69) is 54.3 Å². The molecule has 22 heavy (non-hydrogen) atoms. The zero-order valence-electron chi connectivity index (χ0n) is 13.0. The SMILES string of the molecule is CC1NNC(C)C1CNc1c2c(nc3ccccc13)CSC2. The second-order valence-corrected chi connectivity index (χ2v) is 7.32. The molecule has 1 aromatic carbocycles. The summed E-state index contributed by atoms with van der Waals surface area (Å²) in [5.74, 6) is 2.69. The summed E-state index contributed by atoms with van der Waals surface area (Å²) in [6, 6.07) is 9.45. The molecule has 5 heteroatoms. The standard InChI is InChI=1S/C17H22N4S/c1-10-13(11(2)21-20-10)7-18-17-12-5-3-4-6-15(12)19-16-9-22-8-14(16)17/h3-6,10-11,13,20-21H,7-9H2,1-2H3,(H,18,19). The maximum absolute atomic E-state index is 4.84. The summed E-state index contributed by atoms with van der Waals surface area (Å²) < 4.78 is 0. The van der Waals surface area contributed by atoms with Gasteiger partial charge >= 0.3 is 0 Å². The predicted octanol–water partition coefficient (Wildman–Crippen LogP) is 2.89. The molecule has 1 fully saturated rings. The number of pyridine rings is 1. The number of nitrogens with one attached hydrogen (secondary N) is 3.